The molecule has 2 N–H and O–H groups in total. The molecule has 3 aromatic rings. The van der Waals surface area contributed by atoms with E-state index < -0.39 is 16.1 Å². The van der Waals surface area contributed by atoms with Crippen LogP contribution in [0.3, 0.4) is 0 Å². The van der Waals surface area contributed by atoms with Crippen molar-refractivity contribution >= 4 is 33.1 Å². The quantitative estimate of drug-likeness (QED) is 0.495. The third-order valence-electron chi connectivity index (χ3n) is 6.23. The van der Waals surface area contributed by atoms with Gasteiger partial charge >= 0.3 is 35.6 Å². The maximum absolute atomic E-state index is 13.0. The van der Waals surface area contributed by atoms with Crippen molar-refractivity contribution in [1.82, 2.24) is 14.6 Å². The van der Waals surface area contributed by atoms with E-state index in [9.17, 15) is 18.5 Å². The molecule has 0 bridgehead atoms. The maximum Gasteiger partial charge on any atom is 1.00 e. The van der Waals surface area contributed by atoms with Crippen LogP contribution in [0.4, 0.5) is 10.5 Å². The fourth-order valence-electron chi connectivity index (χ4n) is 4.59. The van der Waals surface area contributed by atoms with Crippen molar-refractivity contribution in [2.75, 3.05) is 18.9 Å². The Morgan fingerprint density at radius 2 is 2.03 bits per heavy atom. The third-order valence-corrected chi connectivity index (χ3v) is 9.27. The van der Waals surface area contributed by atoms with Crippen LogP contribution in [0.5, 0.6) is 0 Å². The second kappa shape index (κ2) is 10.4. The molecule has 0 spiro atoms. The summed E-state index contributed by atoms with van der Waals surface area (Å²) >= 11 is 1.22. The summed E-state index contributed by atoms with van der Waals surface area (Å²) in [4.78, 5) is 20.2. The Morgan fingerprint density at radius 1 is 1.20 bits per heavy atom. The van der Waals surface area contributed by atoms with Crippen LogP contribution in [0.25, 0.3) is 11.1 Å². The summed E-state index contributed by atoms with van der Waals surface area (Å²) in [5.41, 5.74) is 5.46. The number of thiophene rings is 1. The predicted molar refractivity (Wildman–Crippen MR) is 131 cm³/mol. The van der Waals surface area contributed by atoms with Gasteiger partial charge in [0.05, 0.1) is 11.3 Å². The largest absolute Gasteiger partial charge is 1.00 e. The number of aromatic nitrogens is 1. The van der Waals surface area contributed by atoms with Gasteiger partial charge in [-0.05, 0) is 61.6 Å². The van der Waals surface area contributed by atoms with Gasteiger partial charge in [0.25, 0.3) is 10.0 Å². The van der Waals surface area contributed by atoms with Gasteiger partial charge in [0.2, 0.25) is 0 Å². The fraction of sp³-hybridized carbons (Fsp3) is 0.292. The van der Waals surface area contributed by atoms with E-state index in [0.29, 0.717) is 28.9 Å². The topological polar surface area (TPSA) is 115 Å². The summed E-state index contributed by atoms with van der Waals surface area (Å²) in [7, 11) is -2.01. The maximum atomic E-state index is 13.0. The zero-order valence-corrected chi connectivity index (χ0v) is 23.2. The van der Waals surface area contributed by atoms with Gasteiger partial charge in [0.15, 0.2) is 0 Å². The van der Waals surface area contributed by atoms with Crippen molar-refractivity contribution < 1.29 is 44.2 Å². The van der Waals surface area contributed by atoms with E-state index in [-0.39, 0.29) is 35.2 Å². The molecule has 1 aliphatic heterocycles. The monoisotopic (exact) mass is 517 g/mol. The first-order valence-corrected chi connectivity index (χ1v) is 13.3. The number of sulfonamides is 1. The van der Waals surface area contributed by atoms with Gasteiger partial charge in [-0.2, -0.15) is 5.26 Å². The van der Waals surface area contributed by atoms with Crippen molar-refractivity contribution in [1.29, 1.82) is 5.26 Å². The van der Waals surface area contributed by atoms with E-state index in [1.165, 1.54) is 17.5 Å². The molecule has 0 fully saturated rings. The summed E-state index contributed by atoms with van der Waals surface area (Å²) in [5.74, 6) is 0. The second-order valence-electron chi connectivity index (χ2n) is 8.61. The van der Waals surface area contributed by atoms with Gasteiger partial charge in [-0.1, -0.05) is 12.1 Å². The number of urea groups is 1. The molecule has 0 saturated heterocycles. The minimum atomic E-state index is -4.01. The molecule has 2 aromatic heterocycles. The molecule has 0 radical (unpaired) electrons. The number of fused-ring (bicyclic) bond motifs is 2. The first kappa shape index (κ1) is 25.8. The number of likely N-dealkylation sites (N-methyl/N-ethyl adjacent to an activating group) is 1. The Balaban J connectivity index is 0.00000180. The summed E-state index contributed by atoms with van der Waals surface area (Å²) in [5, 5.41) is 12.0. The van der Waals surface area contributed by atoms with Crippen molar-refractivity contribution in [2.45, 2.75) is 36.4 Å². The van der Waals surface area contributed by atoms with Crippen molar-refractivity contribution in [3.63, 3.8) is 0 Å². The molecule has 1 aliphatic carbocycles. The number of rotatable bonds is 4. The Bertz CT molecular complexity index is 1450. The van der Waals surface area contributed by atoms with Gasteiger partial charge in [0, 0.05) is 41.5 Å². The Hall–Kier alpha value is -2.26. The molecule has 0 saturated carbocycles. The molecule has 176 valence electrons. The number of benzene rings is 1. The Morgan fingerprint density at radius 3 is 2.83 bits per heavy atom. The van der Waals surface area contributed by atoms with Gasteiger partial charge < -0.3 is 11.6 Å². The van der Waals surface area contributed by atoms with E-state index in [4.69, 9.17) is 0 Å². The number of amides is 2. The standard InChI is InChI=1S/C24H23N5O3S2.Na.H/c1-29-8-7-21-18(14-29)10-22(33-21)34(31,32)28-24(30)27-23-19-4-2-3-16(19)5-6-20(23)17-9-15(11-25)12-26-13-17;;/h5-6,9-10,12-13H,2-4,7-8,14H2,1H3,(H2,27,28,30);;/q;+1;-1. The normalized spacial score (nSPS) is 14.9. The number of nitrogens with one attached hydrogen (secondary N) is 2. The van der Waals surface area contributed by atoms with E-state index in [1.54, 1.807) is 18.3 Å². The smallest absolute Gasteiger partial charge is 1.00 e. The van der Waals surface area contributed by atoms with Crippen molar-refractivity contribution in [3.05, 3.63) is 63.8 Å². The number of pyridine rings is 1. The number of carbonyl (C=O) groups excluding carboxylic acids is 1. The first-order valence-electron chi connectivity index (χ1n) is 11.0. The molecule has 5 rings (SSSR count). The van der Waals surface area contributed by atoms with Gasteiger partial charge in [-0.25, -0.2) is 17.9 Å². The molecule has 2 aliphatic rings. The fourth-order valence-corrected chi connectivity index (χ4v) is 7.04. The minimum absolute atomic E-state index is 0. The van der Waals surface area contributed by atoms with E-state index >= 15 is 0 Å². The minimum Gasteiger partial charge on any atom is -1.00 e. The SMILES string of the molecule is CN1CCc2sc(S(=O)(=O)NC(=O)Nc3c(-c4cncc(C#N)c4)ccc4c3CCC4)cc2C1.[H-].[Na+]. The molecule has 35 heavy (non-hydrogen) atoms. The molecule has 1 aromatic carbocycles. The molecule has 11 heteroatoms. The van der Waals surface area contributed by atoms with Crippen molar-refractivity contribution in [3.8, 4) is 17.2 Å². The number of aryl methyl sites for hydroxylation is 1. The zero-order chi connectivity index (χ0) is 23.9. The van der Waals surface area contributed by atoms with Gasteiger partial charge in [-0.3, -0.25) is 4.98 Å². The van der Waals surface area contributed by atoms with Gasteiger partial charge in [-0.15, -0.1) is 11.3 Å². The van der Waals surface area contributed by atoms with Crippen LogP contribution in [0.1, 0.15) is 35.0 Å². The Labute approximate surface area is 232 Å². The molecular weight excluding hydrogens is 493 g/mol. The van der Waals surface area contributed by atoms with Crippen LogP contribution < -0.4 is 39.6 Å². The molecule has 2 amide bonds. The first-order chi connectivity index (χ1) is 16.3. The van der Waals surface area contributed by atoms with E-state index in [1.807, 2.05) is 19.2 Å². The molecule has 3 heterocycles. The predicted octanol–water partition coefficient (Wildman–Crippen LogP) is 0.785. The van der Waals surface area contributed by atoms with Crippen molar-refractivity contribution in [2.24, 2.45) is 0 Å². The number of hydrogen-bond donors (Lipinski definition) is 2. The number of anilines is 1. The summed E-state index contributed by atoms with van der Waals surface area (Å²) in [6.07, 6.45) is 6.54. The Kier molecular flexibility index (Phi) is 7.66. The summed E-state index contributed by atoms with van der Waals surface area (Å²) in [6.45, 7) is 1.58. The average molecular weight is 518 g/mol. The van der Waals surface area contributed by atoms with Crippen LogP contribution in [-0.2, 0) is 35.8 Å². The number of hydrogen-bond acceptors (Lipinski definition) is 7. The third kappa shape index (κ3) is 5.31. The van der Waals surface area contributed by atoms with E-state index in [0.717, 1.165) is 53.8 Å². The number of carbonyl (C=O) groups is 1. The van der Waals surface area contributed by atoms with Crippen LogP contribution in [0.2, 0.25) is 0 Å². The van der Waals surface area contributed by atoms with Crippen LogP contribution in [0, 0.1) is 11.3 Å². The van der Waals surface area contributed by atoms with Crippen LogP contribution in [-0.4, -0.2) is 37.9 Å². The average Bonchev–Trinajstić information content (AvgIpc) is 3.46. The molecule has 8 nitrogen and oxygen atoms in total. The van der Waals surface area contributed by atoms with Crippen LogP contribution in [0.15, 0.2) is 40.9 Å². The summed E-state index contributed by atoms with van der Waals surface area (Å²) < 4.78 is 28.3. The van der Waals surface area contributed by atoms with E-state index in [2.05, 4.69) is 26.0 Å². The number of nitriles is 1. The summed E-state index contributed by atoms with van der Waals surface area (Å²) in [6, 6.07) is 8.54. The molecule has 0 atom stereocenters. The molecular formula is C24H24N5NaO3S2. The number of nitrogens with zero attached hydrogens (tertiary/aromatic N) is 3. The zero-order valence-electron chi connectivity index (χ0n) is 20.6. The molecule has 0 unspecified atom stereocenters. The van der Waals surface area contributed by atoms with Gasteiger partial charge in [0.1, 0.15) is 10.3 Å². The van der Waals surface area contributed by atoms with Crippen LogP contribution >= 0.6 is 11.3 Å². The second-order valence-corrected chi connectivity index (χ2v) is 11.7.